The standard InChI is InChI=1S/C13H16N4O4S/c1-9-2-3-10(11(8-9)17(19)20)15-13(18)21-7-6-16-5-4-14-12(16)22/h2-3,8H,4-7H2,1H3,(H,14,22)(H,15,18). The molecule has 1 aliphatic rings. The van der Waals surface area contributed by atoms with Crippen molar-refractivity contribution >= 4 is 34.8 Å². The highest BCUT2D eigenvalue weighted by Crippen LogP contribution is 2.25. The van der Waals surface area contributed by atoms with Gasteiger partial charge in [0.25, 0.3) is 5.69 Å². The number of carbonyl (C=O) groups excluding carboxylic acids is 1. The van der Waals surface area contributed by atoms with Gasteiger partial charge in [-0.1, -0.05) is 6.07 Å². The summed E-state index contributed by atoms with van der Waals surface area (Å²) >= 11 is 5.07. The summed E-state index contributed by atoms with van der Waals surface area (Å²) in [6, 6.07) is 4.55. The molecule has 22 heavy (non-hydrogen) atoms. The Morgan fingerprint density at radius 2 is 2.36 bits per heavy atom. The van der Waals surface area contributed by atoms with E-state index in [1.165, 1.54) is 12.1 Å². The third-order valence-electron chi connectivity index (χ3n) is 3.13. The molecule has 0 radical (unpaired) electrons. The van der Waals surface area contributed by atoms with Crippen LogP contribution < -0.4 is 10.6 Å². The lowest BCUT2D eigenvalue weighted by molar-refractivity contribution is -0.384. The van der Waals surface area contributed by atoms with Crippen LogP contribution in [0.25, 0.3) is 0 Å². The number of hydrogen-bond donors (Lipinski definition) is 2. The Bertz CT molecular complexity index is 608. The molecule has 0 bridgehead atoms. The van der Waals surface area contributed by atoms with Gasteiger partial charge < -0.3 is 15.0 Å². The molecule has 9 heteroatoms. The van der Waals surface area contributed by atoms with Crippen molar-refractivity contribution in [2.75, 3.05) is 31.6 Å². The molecule has 1 saturated heterocycles. The van der Waals surface area contributed by atoms with Crippen LogP contribution in [0.15, 0.2) is 18.2 Å². The quantitative estimate of drug-likeness (QED) is 0.483. The van der Waals surface area contributed by atoms with Crippen molar-refractivity contribution in [3.05, 3.63) is 33.9 Å². The van der Waals surface area contributed by atoms with Crippen molar-refractivity contribution in [2.24, 2.45) is 0 Å². The van der Waals surface area contributed by atoms with Crippen LogP contribution in [0.1, 0.15) is 5.56 Å². The Hall–Kier alpha value is -2.42. The average molecular weight is 324 g/mol. The Morgan fingerprint density at radius 3 is 3.00 bits per heavy atom. The topological polar surface area (TPSA) is 96.7 Å². The highest BCUT2D eigenvalue weighted by molar-refractivity contribution is 7.80. The molecule has 1 amide bonds. The summed E-state index contributed by atoms with van der Waals surface area (Å²) in [6.07, 6.45) is -0.731. The minimum absolute atomic E-state index is 0.110. The summed E-state index contributed by atoms with van der Waals surface area (Å²) < 4.78 is 5.02. The number of thiocarbonyl (C=S) groups is 1. The molecule has 1 aromatic rings. The minimum Gasteiger partial charge on any atom is -0.447 e. The molecule has 2 rings (SSSR count). The van der Waals surface area contributed by atoms with Gasteiger partial charge in [0.2, 0.25) is 0 Å². The van der Waals surface area contributed by atoms with Gasteiger partial charge in [-0.25, -0.2) is 4.79 Å². The molecule has 0 unspecified atom stereocenters. The van der Waals surface area contributed by atoms with Crippen LogP contribution in [0.4, 0.5) is 16.2 Å². The number of nitro groups is 1. The molecule has 2 N–H and O–H groups in total. The van der Waals surface area contributed by atoms with Gasteiger partial charge in [-0.15, -0.1) is 0 Å². The lowest BCUT2D eigenvalue weighted by atomic mass is 10.2. The van der Waals surface area contributed by atoms with Gasteiger partial charge >= 0.3 is 6.09 Å². The van der Waals surface area contributed by atoms with E-state index in [2.05, 4.69) is 10.6 Å². The molecule has 0 spiro atoms. The van der Waals surface area contributed by atoms with Crippen LogP contribution in [-0.4, -0.2) is 47.3 Å². The summed E-state index contributed by atoms with van der Waals surface area (Å²) in [4.78, 5) is 24.0. The maximum absolute atomic E-state index is 11.7. The highest BCUT2D eigenvalue weighted by atomic mass is 32.1. The number of amides is 1. The predicted octanol–water partition coefficient (Wildman–Crippen LogP) is 1.64. The van der Waals surface area contributed by atoms with Gasteiger partial charge in [-0.2, -0.15) is 0 Å². The number of nitro benzene ring substituents is 1. The molecular formula is C13H16N4O4S. The smallest absolute Gasteiger partial charge is 0.411 e. The third-order valence-corrected chi connectivity index (χ3v) is 3.53. The monoisotopic (exact) mass is 324 g/mol. The molecule has 1 aromatic carbocycles. The first kappa shape index (κ1) is 16.0. The molecule has 1 fully saturated rings. The summed E-state index contributed by atoms with van der Waals surface area (Å²) in [5, 5.41) is 17.0. The molecule has 0 aliphatic carbocycles. The zero-order chi connectivity index (χ0) is 16.1. The van der Waals surface area contributed by atoms with Crippen molar-refractivity contribution in [3.63, 3.8) is 0 Å². The second-order valence-electron chi connectivity index (χ2n) is 4.76. The van der Waals surface area contributed by atoms with E-state index >= 15 is 0 Å². The number of aryl methyl sites for hydroxylation is 1. The SMILES string of the molecule is Cc1ccc(NC(=O)OCCN2CCNC2=S)c([N+](=O)[O-])c1. The summed E-state index contributed by atoms with van der Waals surface area (Å²) in [7, 11) is 0. The zero-order valence-electron chi connectivity index (χ0n) is 12.0. The molecule has 118 valence electrons. The van der Waals surface area contributed by atoms with Gasteiger partial charge in [0.15, 0.2) is 5.11 Å². The molecule has 0 aromatic heterocycles. The Balaban J connectivity index is 1.87. The normalized spacial score (nSPS) is 13.7. The first-order chi connectivity index (χ1) is 10.5. The van der Waals surface area contributed by atoms with E-state index in [1.807, 2.05) is 4.90 Å². The van der Waals surface area contributed by atoms with Crippen molar-refractivity contribution in [1.29, 1.82) is 0 Å². The van der Waals surface area contributed by atoms with Gasteiger partial charge in [0.05, 0.1) is 11.5 Å². The van der Waals surface area contributed by atoms with E-state index < -0.39 is 11.0 Å². The highest BCUT2D eigenvalue weighted by Gasteiger charge is 2.18. The number of benzene rings is 1. The van der Waals surface area contributed by atoms with Crippen LogP contribution in [0.2, 0.25) is 0 Å². The average Bonchev–Trinajstić information content (AvgIpc) is 2.86. The second-order valence-corrected chi connectivity index (χ2v) is 5.14. The van der Waals surface area contributed by atoms with E-state index in [9.17, 15) is 14.9 Å². The lowest BCUT2D eigenvalue weighted by Crippen LogP contribution is -2.32. The maximum Gasteiger partial charge on any atom is 0.411 e. The van der Waals surface area contributed by atoms with Crippen LogP contribution >= 0.6 is 12.2 Å². The van der Waals surface area contributed by atoms with E-state index in [0.717, 1.165) is 18.7 Å². The number of ether oxygens (including phenoxy) is 1. The Kier molecular flexibility index (Phi) is 5.10. The van der Waals surface area contributed by atoms with E-state index in [4.69, 9.17) is 17.0 Å². The number of nitrogens with one attached hydrogen (secondary N) is 2. The largest absolute Gasteiger partial charge is 0.447 e. The van der Waals surface area contributed by atoms with Crippen LogP contribution in [-0.2, 0) is 4.74 Å². The summed E-state index contributed by atoms with van der Waals surface area (Å²) in [6.45, 7) is 3.92. The van der Waals surface area contributed by atoms with Crippen LogP contribution in [0.5, 0.6) is 0 Å². The number of hydrogen-bond acceptors (Lipinski definition) is 5. The number of nitrogens with zero attached hydrogens (tertiary/aromatic N) is 2. The second kappa shape index (κ2) is 7.03. The van der Waals surface area contributed by atoms with Gasteiger partial charge in [-0.05, 0) is 30.8 Å². The maximum atomic E-state index is 11.7. The first-order valence-electron chi connectivity index (χ1n) is 6.69. The molecular weight excluding hydrogens is 308 g/mol. The molecule has 1 aliphatic heterocycles. The van der Waals surface area contributed by atoms with Gasteiger partial charge in [0.1, 0.15) is 12.3 Å². The number of rotatable bonds is 5. The summed E-state index contributed by atoms with van der Waals surface area (Å²) in [5.41, 5.74) is 0.682. The van der Waals surface area contributed by atoms with Crippen LogP contribution in [0, 0.1) is 17.0 Å². The van der Waals surface area contributed by atoms with Gasteiger partial charge in [-0.3, -0.25) is 15.4 Å². The zero-order valence-corrected chi connectivity index (χ0v) is 12.8. The fourth-order valence-electron chi connectivity index (χ4n) is 2.02. The Labute approximate surface area is 132 Å². The van der Waals surface area contributed by atoms with Crippen LogP contribution in [0.3, 0.4) is 0 Å². The minimum atomic E-state index is -0.731. The van der Waals surface area contributed by atoms with Crippen molar-refractivity contribution < 1.29 is 14.5 Å². The van der Waals surface area contributed by atoms with Crippen molar-refractivity contribution in [2.45, 2.75) is 6.92 Å². The number of carbonyl (C=O) groups is 1. The lowest BCUT2D eigenvalue weighted by Gasteiger charge is -2.16. The number of anilines is 1. The third kappa shape index (κ3) is 4.04. The van der Waals surface area contributed by atoms with E-state index in [0.29, 0.717) is 11.7 Å². The fraction of sp³-hybridized carbons (Fsp3) is 0.385. The summed E-state index contributed by atoms with van der Waals surface area (Å²) in [5.74, 6) is 0. The molecule has 0 atom stereocenters. The van der Waals surface area contributed by atoms with E-state index in [1.54, 1.807) is 13.0 Å². The molecule has 1 heterocycles. The Morgan fingerprint density at radius 1 is 1.59 bits per heavy atom. The molecule has 8 nitrogen and oxygen atoms in total. The van der Waals surface area contributed by atoms with Crippen molar-refractivity contribution in [3.8, 4) is 0 Å². The van der Waals surface area contributed by atoms with Gasteiger partial charge in [0, 0.05) is 19.2 Å². The predicted molar refractivity (Wildman–Crippen MR) is 85.0 cm³/mol. The van der Waals surface area contributed by atoms with E-state index in [-0.39, 0.29) is 18.0 Å². The molecule has 0 saturated carbocycles. The first-order valence-corrected chi connectivity index (χ1v) is 7.10. The van der Waals surface area contributed by atoms with Crippen molar-refractivity contribution in [1.82, 2.24) is 10.2 Å². The fourth-order valence-corrected chi connectivity index (χ4v) is 2.30.